The number of carbonyl (C=O) groups is 1. The van der Waals surface area contributed by atoms with E-state index in [1.54, 1.807) is 54.2 Å². The van der Waals surface area contributed by atoms with E-state index in [0.717, 1.165) is 4.90 Å². The molecule has 6 nitrogen and oxygen atoms in total. The predicted octanol–water partition coefficient (Wildman–Crippen LogP) is 5.88. The normalized spacial score (nSPS) is 15.5. The van der Waals surface area contributed by atoms with Gasteiger partial charge in [0.05, 0.1) is 15.6 Å². The molecule has 3 aromatic rings. The highest BCUT2D eigenvalue weighted by molar-refractivity contribution is 7.98. The molecule has 174 valence electrons. The number of nitrogens with zero attached hydrogens (tertiary/aromatic N) is 2. The third-order valence-corrected chi connectivity index (χ3v) is 9.44. The van der Waals surface area contributed by atoms with E-state index in [1.807, 2.05) is 11.6 Å². The van der Waals surface area contributed by atoms with Crippen molar-refractivity contribution >= 4 is 67.4 Å². The van der Waals surface area contributed by atoms with Gasteiger partial charge in [-0.2, -0.15) is 4.31 Å². The van der Waals surface area contributed by atoms with Gasteiger partial charge < -0.3 is 5.32 Å². The van der Waals surface area contributed by atoms with Gasteiger partial charge in [-0.15, -0.1) is 23.1 Å². The van der Waals surface area contributed by atoms with Crippen LogP contribution >= 0.6 is 46.3 Å². The van der Waals surface area contributed by atoms with Gasteiger partial charge in [0, 0.05) is 39.9 Å². The number of thiazole rings is 1. The topological polar surface area (TPSA) is 79.4 Å². The number of hydrogen-bond acceptors (Lipinski definition) is 6. The number of halogens is 2. The summed E-state index contributed by atoms with van der Waals surface area (Å²) in [5.74, 6) is -0.438. The lowest BCUT2D eigenvalue weighted by atomic mass is 9.97. The second kappa shape index (κ2) is 10.3. The standard InChI is InChI=1S/C22H21Cl2N3O3S3/c1-31-16-3-5-17(6-4-16)33(29,30)27-10-8-14(9-11-27)21(28)26-22-25-20(13-32-22)18-12-15(23)2-7-19(18)24/h2-7,12-14H,8-11H2,1H3,(H,25,26,28). The van der Waals surface area contributed by atoms with Crippen LogP contribution in [0.3, 0.4) is 0 Å². The van der Waals surface area contributed by atoms with E-state index >= 15 is 0 Å². The van der Waals surface area contributed by atoms with Crippen molar-refractivity contribution in [2.45, 2.75) is 22.6 Å². The maximum atomic E-state index is 12.9. The van der Waals surface area contributed by atoms with E-state index in [9.17, 15) is 13.2 Å². The number of sulfonamides is 1. The van der Waals surface area contributed by atoms with Crippen molar-refractivity contribution < 1.29 is 13.2 Å². The Kier molecular flexibility index (Phi) is 7.67. The monoisotopic (exact) mass is 541 g/mol. The highest BCUT2D eigenvalue weighted by Crippen LogP contribution is 2.33. The van der Waals surface area contributed by atoms with E-state index < -0.39 is 10.0 Å². The summed E-state index contributed by atoms with van der Waals surface area (Å²) in [7, 11) is -3.57. The molecule has 1 N–H and O–H groups in total. The summed E-state index contributed by atoms with van der Waals surface area (Å²) in [5.41, 5.74) is 1.33. The molecule has 1 fully saturated rings. The van der Waals surface area contributed by atoms with Gasteiger partial charge in [-0.3, -0.25) is 4.79 Å². The predicted molar refractivity (Wildman–Crippen MR) is 136 cm³/mol. The molecule has 0 bridgehead atoms. The number of benzene rings is 2. The zero-order valence-electron chi connectivity index (χ0n) is 17.6. The van der Waals surface area contributed by atoms with Crippen LogP contribution in [0, 0.1) is 5.92 Å². The molecule has 2 heterocycles. The summed E-state index contributed by atoms with van der Waals surface area (Å²) in [5, 5.41) is 6.21. The van der Waals surface area contributed by atoms with Crippen molar-refractivity contribution in [2.75, 3.05) is 24.7 Å². The highest BCUT2D eigenvalue weighted by atomic mass is 35.5. The molecule has 1 amide bonds. The molecular weight excluding hydrogens is 521 g/mol. The minimum absolute atomic E-state index is 0.158. The van der Waals surface area contributed by atoms with Crippen LogP contribution < -0.4 is 5.32 Å². The fourth-order valence-corrected chi connectivity index (χ4v) is 6.59. The first-order chi connectivity index (χ1) is 15.8. The van der Waals surface area contributed by atoms with E-state index in [1.165, 1.54) is 15.6 Å². The van der Waals surface area contributed by atoms with Crippen LogP contribution in [0.4, 0.5) is 5.13 Å². The smallest absolute Gasteiger partial charge is 0.243 e. The molecule has 0 unspecified atom stereocenters. The van der Waals surface area contributed by atoms with Crippen molar-refractivity contribution in [3.8, 4) is 11.3 Å². The summed E-state index contributed by atoms with van der Waals surface area (Å²) in [6.45, 7) is 0.595. The molecule has 0 spiro atoms. The number of aromatic nitrogens is 1. The third-order valence-electron chi connectivity index (χ3n) is 5.46. The van der Waals surface area contributed by atoms with E-state index in [0.29, 0.717) is 52.4 Å². The number of rotatable bonds is 6. The first kappa shape index (κ1) is 24.5. The van der Waals surface area contributed by atoms with E-state index in [2.05, 4.69) is 10.3 Å². The van der Waals surface area contributed by atoms with Gasteiger partial charge in [-0.05, 0) is 61.6 Å². The Balaban J connectivity index is 1.37. The molecule has 33 heavy (non-hydrogen) atoms. The summed E-state index contributed by atoms with van der Waals surface area (Å²) in [6, 6.07) is 12.0. The number of hydrogen-bond donors (Lipinski definition) is 1. The number of nitrogens with one attached hydrogen (secondary N) is 1. The second-order valence-corrected chi connectivity index (χ2v) is 12.0. The van der Waals surface area contributed by atoms with Crippen molar-refractivity contribution in [1.29, 1.82) is 0 Å². The Labute approximate surface area is 211 Å². The Bertz CT molecular complexity index is 1260. The maximum absolute atomic E-state index is 12.9. The summed E-state index contributed by atoms with van der Waals surface area (Å²) >= 11 is 15.2. The molecular formula is C22H21Cl2N3O3S3. The third kappa shape index (κ3) is 5.55. The van der Waals surface area contributed by atoms with E-state index in [-0.39, 0.29) is 16.7 Å². The molecule has 11 heteroatoms. The lowest BCUT2D eigenvalue weighted by molar-refractivity contribution is -0.120. The largest absolute Gasteiger partial charge is 0.302 e. The van der Waals surface area contributed by atoms with Gasteiger partial charge in [0.1, 0.15) is 0 Å². The lowest BCUT2D eigenvalue weighted by Gasteiger charge is -2.30. The molecule has 0 saturated carbocycles. The van der Waals surface area contributed by atoms with Gasteiger partial charge in [-0.25, -0.2) is 13.4 Å². The van der Waals surface area contributed by atoms with Crippen molar-refractivity contribution in [2.24, 2.45) is 5.92 Å². The Morgan fingerprint density at radius 3 is 2.52 bits per heavy atom. The van der Waals surface area contributed by atoms with Crippen molar-refractivity contribution in [1.82, 2.24) is 9.29 Å². The number of piperidine rings is 1. The minimum atomic E-state index is -3.57. The van der Waals surface area contributed by atoms with Crippen LogP contribution in [-0.4, -0.2) is 43.0 Å². The molecule has 2 aromatic carbocycles. The first-order valence-corrected chi connectivity index (χ1v) is 14.4. The fraction of sp³-hybridized carbons (Fsp3) is 0.273. The average molecular weight is 543 g/mol. The Morgan fingerprint density at radius 2 is 1.85 bits per heavy atom. The SMILES string of the molecule is CSc1ccc(S(=O)(=O)N2CCC(C(=O)Nc3nc(-c4cc(Cl)ccc4Cl)cs3)CC2)cc1. The maximum Gasteiger partial charge on any atom is 0.243 e. The van der Waals surface area contributed by atoms with Crippen molar-refractivity contribution in [3.05, 3.63) is 57.9 Å². The quantitative estimate of drug-likeness (QED) is 0.394. The lowest BCUT2D eigenvalue weighted by Crippen LogP contribution is -2.41. The van der Waals surface area contributed by atoms with Gasteiger partial charge in [0.15, 0.2) is 5.13 Å². The zero-order chi connectivity index (χ0) is 23.6. The molecule has 1 aliphatic heterocycles. The van der Waals surface area contributed by atoms with E-state index in [4.69, 9.17) is 23.2 Å². The van der Waals surface area contributed by atoms with Crippen molar-refractivity contribution in [3.63, 3.8) is 0 Å². The molecule has 4 rings (SSSR count). The number of anilines is 1. The fourth-order valence-electron chi connectivity index (χ4n) is 3.61. The highest BCUT2D eigenvalue weighted by Gasteiger charge is 2.32. The molecule has 1 aliphatic rings. The number of thioether (sulfide) groups is 1. The van der Waals surface area contributed by atoms with Crippen LogP contribution in [0.2, 0.25) is 10.0 Å². The summed E-state index contributed by atoms with van der Waals surface area (Å²) in [6.07, 6.45) is 2.84. The minimum Gasteiger partial charge on any atom is -0.302 e. The Hall–Kier alpha value is -1.62. The zero-order valence-corrected chi connectivity index (χ0v) is 21.6. The Morgan fingerprint density at radius 1 is 1.15 bits per heavy atom. The number of carbonyl (C=O) groups excluding carboxylic acids is 1. The van der Waals surface area contributed by atoms with Gasteiger partial charge in [0.25, 0.3) is 0 Å². The van der Waals surface area contributed by atoms with Crippen LogP contribution in [0.1, 0.15) is 12.8 Å². The molecule has 0 radical (unpaired) electrons. The average Bonchev–Trinajstić information content (AvgIpc) is 3.29. The molecule has 0 aliphatic carbocycles. The van der Waals surface area contributed by atoms with Crippen LogP contribution in [-0.2, 0) is 14.8 Å². The van der Waals surface area contributed by atoms with Crippen LogP contribution in [0.5, 0.6) is 0 Å². The second-order valence-electron chi connectivity index (χ2n) is 7.51. The van der Waals surface area contributed by atoms with Crippen LogP contribution in [0.25, 0.3) is 11.3 Å². The molecule has 0 atom stereocenters. The molecule has 1 aromatic heterocycles. The van der Waals surface area contributed by atoms with Gasteiger partial charge in [0.2, 0.25) is 15.9 Å². The molecule has 1 saturated heterocycles. The van der Waals surface area contributed by atoms with Crippen LogP contribution in [0.15, 0.2) is 57.6 Å². The first-order valence-electron chi connectivity index (χ1n) is 10.1. The summed E-state index contributed by atoms with van der Waals surface area (Å²) < 4.78 is 27.3. The summed E-state index contributed by atoms with van der Waals surface area (Å²) in [4.78, 5) is 18.5. The van der Waals surface area contributed by atoms with Gasteiger partial charge in [-0.1, -0.05) is 23.2 Å². The van der Waals surface area contributed by atoms with Gasteiger partial charge >= 0.3 is 0 Å². The number of amides is 1.